The van der Waals surface area contributed by atoms with E-state index in [-0.39, 0.29) is 12.0 Å². The van der Waals surface area contributed by atoms with Crippen LogP contribution in [0, 0.1) is 0 Å². The normalized spacial score (nSPS) is 16.8. The first kappa shape index (κ1) is 23.1. The van der Waals surface area contributed by atoms with Gasteiger partial charge in [-0.25, -0.2) is 4.99 Å². The molecule has 0 unspecified atom stereocenters. The van der Waals surface area contributed by atoms with Gasteiger partial charge in [-0.05, 0) is 74.8 Å². The van der Waals surface area contributed by atoms with Crippen molar-refractivity contribution < 1.29 is 9.53 Å². The van der Waals surface area contributed by atoms with Gasteiger partial charge in [0, 0.05) is 22.7 Å². The summed E-state index contributed by atoms with van der Waals surface area (Å²) in [6, 6.07) is 12.7. The molecule has 1 heterocycles. The van der Waals surface area contributed by atoms with Gasteiger partial charge in [-0.15, -0.1) is 11.3 Å². The Kier molecular flexibility index (Phi) is 7.00. The van der Waals surface area contributed by atoms with Crippen molar-refractivity contribution in [2.24, 2.45) is 4.99 Å². The van der Waals surface area contributed by atoms with Crippen LogP contribution < -0.4 is 10.1 Å². The Morgan fingerprint density at radius 3 is 2.68 bits per heavy atom. The summed E-state index contributed by atoms with van der Waals surface area (Å²) in [7, 11) is 0. The number of nitrogens with zero attached hydrogens (tertiary/aromatic N) is 1. The van der Waals surface area contributed by atoms with Crippen LogP contribution in [0.1, 0.15) is 85.2 Å². The molecule has 178 valence electrons. The predicted molar refractivity (Wildman–Crippen MR) is 142 cm³/mol. The van der Waals surface area contributed by atoms with Gasteiger partial charge in [0.05, 0.1) is 11.7 Å². The third kappa shape index (κ3) is 4.90. The molecule has 1 saturated carbocycles. The second kappa shape index (κ2) is 10.3. The molecule has 1 amide bonds. The first-order valence-corrected chi connectivity index (χ1v) is 13.6. The molecule has 3 aromatic rings. The lowest BCUT2D eigenvalue weighted by Gasteiger charge is -2.23. The molecule has 1 fully saturated rings. The highest BCUT2D eigenvalue weighted by atomic mass is 32.1. The summed E-state index contributed by atoms with van der Waals surface area (Å²) in [4.78, 5) is 19.8. The van der Waals surface area contributed by atoms with Crippen LogP contribution in [0.15, 0.2) is 41.4 Å². The van der Waals surface area contributed by atoms with Crippen molar-refractivity contribution in [1.82, 2.24) is 5.32 Å². The van der Waals surface area contributed by atoms with Gasteiger partial charge in [0.15, 0.2) is 0 Å². The summed E-state index contributed by atoms with van der Waals surface area (Å²) in [5.41, 5.74) is 3.01. The number of amides is 1. The molecule has 2 aliphatic rings. The minimum absolute atomic E-state index is 0.0648. The molecule has 0 atom stereocenters. The fourth-order valence-electron chi connectivity index (χ4n) is 5.27. The van der Waals surface area contributed by atoms with Crippen molar-refractivity contribution in [2.75, 3.05) is 0 Å². The first-order chi connectivity index (χ1) is 16.6. The van der Waals surface area contributed by atoms with E-state index in [1.54, 1.807) is 11.3 Å². The number of hydrogen-bond donors (Lipinski definition) is 1. The zero-order chi connectivity index (χ0) is 23.5. The van der Waals surface area contributed by atoms with Gasteiger partial charge in [0.25, 0.3) is 5.91 Å². The van der Waals surface area contributed by atoms with Gasteiger partial charge < -0.3 is 10.1 Å². The molecule has 0 bridgehead atoms. The van der Waals surface area contributed by atoms with Crippen molar-refractivity contribution in [3.63, 3.8) is 0 Å². The lowest BCUT2D eigenvalue weighted by atomic mass is 9.93. The Bertz CT molecular complexity index is 1200. The fourth-order valence-corrected chi connectivity index (χ4v) is 6.50. The standard InChI is InChI=1S/C29H34N2O2S/c1-19(2)33-25-17-16-20-10-6-7-13-22(20)24(25)18-30-29-27(23-14-8-9-15-26(23)34-29)28(32)31-21-11-4-3-5-12-21/h6-7,10,13,16-19,21H,3-5,8-9,11-12,14-15H2,1-2H3,(H,31,32)/b30-18-. The number of fused-ring (bicyclic) bond motifs is 2. The van der Waals surface area contributed by atoms with E-state index < -0.39 is 0 Å². The molecule has 0 aliphatic heterocycles. The van der Waals surface area contributed by atoms with E-state index in [2.05, 4.69) is 23.5 Å². The summed E-state index contributed by atoms with van der Waals surface area (Å²) in [6.07, 6.45) is 12.2. The van der Waals surface area contributed by atoms with E-state index in [0.29, 0.717) is 6.04 Å². The Hall–Kier alpha value is -2.66. The summed E-state index contributed by atoms with van der Waals surface area (Å²) in [5, 5.41) is 6.45. The molecule has 5 rings (SSSR count). The number of hydrogen-bond acceptors (Lipinski definition) is 4. The maximum atomic E-state index is 13.5. The highest BCUT2D eigenvalue weighted by molar-refractivity contribution is 7.16. The average Bonchev–Trinajstić information content (AvgIpc) is 3.22. The molecule has 34 heavy (non-hydrogen) atoms. The number of carbonyl (C=O) groups excluding carboxylic acids is 1. The maximum Gasteiger partial charge on any atom is 0.254 e. The van der Waals surface area contributed by atoms with Gasteiger partial charge in [-0.2, -0.15) is 0 Å². The SMILES string of the molecule is CC(C)Oc1ccc2ccccc2c1/C=N\c1sc2c(c1C(=O)NC1CCCCC1)CCCC2. The summed E-state index contributed by atoms with van der Waals surface area (Å²) in [6.45, 7) is 4.08. The number of carbonyl (C=O) groups is 1. The van der Waals surface area contributed by atoms with Crippen molar-refractivity contribution >= 4 is 39.2 Å². The van der Waals surface area contributed by atoms with Gasteiger partial charge in [-0.3, -0.25) is 4.79 Å². The van der Waals surface area contributed by atoms with E-state index in [9.17, 15) is 4.79 Å². The van der Waals surface area contributed by atoms with Crippen molar-refractivity contribution in [3.05, 3.63) is 58.0 Å². The Morgan fingerprint density at radius 2 is 1.85 bits per heavy atom. The minimum Gasteiger partial charge on any atom is -0.490 e. The largest absolute Gasteiger partial charge is 0.490 e. The van der Waals surface area contributed by atoms with E-state index in [0.717, 1.165) is 64.8 Å². The predicted octanol–water partition coefficient (Wildman–Crippen LogP) is 7.38. The van der Waals surface area contributed by atoms with Crippen LogP contribution in [-0.4, -0.2) is 24.3 Å². The van der Waals surface area contributed by atoms with Crippen LogP contribution in [0.5, 0.6) is 5.75 Å². The van der Waals surface area contributed by atoms with Crippen LogP contribution >= 0.6 is 11.3 Å². The molecule has 1 aromatic heterocycles. The molecular weight excluding hydrogens is 440 g/mol. The number of ether oxygens (including phenoxy) is 1. The summed E-state index contributed by atoms with van der Waals surface area (Å²) in [5.74, 6) is 0.891. The van der Waals surface area contributed by atoms with Crippen LogP contribution in [0.4, 0.5) is 5.00 Å². The van der Waals surface area contributed by atoms with Gasteiger partial charge in [0.2, 0.25) is 0 Å². The Morgan fingerprint density at radius 1 is 1.06 bits per heavy atom. The average molecular weight is 475 g/mol. The monoisotopic (exact) mass is 474 g/mol. The molecular formula is C29H34N2O2S. The third-order valence-corrected chi connectivity index (χ3v) is 8.12. The van der Waals surface area contributed by atoms with E-state index in [1.165, 1.54) is 36.1 Å². The highest BCUT2D eigenvalue weighted by Crippen LogP contribution is 2.40. The number of aliphatic imine (C=N–C) groups is 1. The zero-order valence-electron chi connectivity index (χ0n) is 20.2. The van der Waals surface area contributed by atoms with E-state index >= 15 is 0 Å². The van der Waals surface area contributed by atoms with Crippen molar-refractivity contribution in [2.45, 2.75) is 83.8 Å². The zero-order valence-corrected chi connectivity index (χ0v) is 21.0. The second-order valence-corrected chi connectivity index (χ2v) is 10.9. The van der Waals surface area contributed by atoms with Gasteiger partial charge in [-0.1, -0.05) is 49.6 Å². The lowest BCUT2D eigenvalue weighted by molar-refractivity contribution is 0.0927. The smallest absolute Gasteiger partial charge is 0.254 e. The Labute approximate surface area is 206 Å². The minimum atomic E-state index is 0.0648. The molecule has 4 nitrogen and oxygen atoms in total. The number of nitrogens with one attached hydrogen (secondary N) is 1. The molecule has 0 radical (unpaired) electrons. The number of thiophene rings is 1. The maximum absolute atomic E-state index is 13.5. The van der Waals surface area contributed by atoms with Crippen LogP contribution in [-0.2, 0) is 12.8 Å². The molecule has 5 heteroatoms. The second-order valence-electron chi connectivity index (χ2n) is 9.82. The molecule has 1 N–H and O–H groups in total. The lowest BCUT2D eigenvalue weighted by Crippen LogP contribution is -2.36. The molecule has 0 saturated heterocycles. The van der Waals surface area contributed by atoms with E-state index in [1.807, 2.05) is 38.3 Å². The summed E-state index contributed by atoms with van der Waals surface area (Å²) >= 11 is 1.70. The quantitative estimate of drug-likeness (QED) is 0.379. The molecule has 0 spiro atoms. The fraction of sp³-hybridized carbons (Fsp3) is 0.448. The van der Waals surface area contributed by atoms with Gasteiger partial charge >= 0.3 is 0 Å². The highest BCUT2D eigenvalue weighted by Gasteiger charge is 2.27. The van der Waals surface area contributed by atoms with Crippen molar-refractivity contribution in [1.29, 1.82) is 0 Å². The Balaban J connectivity index is 1.53. The van der Waals surface area contributed by atoms with Crippen LogP contribution in [0.3, 0.4) is 0 Å². The van der Waals surface area contributed by atoms with E-state index in [4.69, 9.17) is 9.73 Å². The summed E-state index contributed by atoms with van der Waals surface area (Å²) < 4.78 is 6.13. The van der Waals surface area contributed by atoms with Gasteiger partial charge in [0.1, 0.15) is 10.8 Å². The van der Waals surface area contributed by atoms with Crippen LogP contribution in [0.2, 0.25) is 0 Å². The van der Waals surface area contributed by atoms with Crippen LogP contribution in [0.25, 0.3) is 10.8 Å². The first-order valence-electron chi connectivity index (χ1n) is 12.8. The van der Waals surface area contributed by atoms with Crippen molar-refractivity contribution in [3.8, 4) is 5.75 Å². The molecule has 2 aliphatic carbocycles. The third-order valence-electron chi connectivity index (χ3n) is 6.92. The topological polar surface area (TPSA) is 50.7 Å². The molecule has 2 aromatic carbocycles. The number of aryl methyl sites for hydroxylation is 1. The number of rotatable bonds is 6. The number of benzene rings is 2.